The smallest absolute Gasteiger partial charge is 0.0958 e. The van der Waals surface area contributed by atoms with E-state index in [-0.39, 0.29) is 0 Å². The van der Waals surface area contributed by atoms with Gasteiger partial charge in [-0.1, -0.05) is 31.2 Å². The van der Waals surface area contributed by atoms with Gasteiger partial charge >= 0.3 is 6.07 Å². The molecule has 1 N–H and O–H groups in total. The molecule has 0 saturated heterocycles. The van der Waals surface area contributed by atoms with Gasteiger partial charge in [0.25, 0.3) is 0 Å². The average Bonchev–Trinajstić information content (AvgIpc) is 2.05. The Morgan fingerprint density at radius 3 is 2.64 bits per heavy atom. The molecular weight excluding hydrogens is 134 g/mol. The van der Waals surface area contributed by atoms with Gasteiger partial charge in [-0.2, -0.15) is 0 Å². The van der Waals surface area contributed by atoms with Crippen molar-refractivity contribution in [1.29, 1.82) is 0 Å². The predicted molar refractivity (Wildman–Crippen MR) is 44.5 cm³/mol. The molecule has 1 aromatic rings. The first-order chi connectivity index (χ1) is 5.24. The molecule has 0 aliphatic heterocycles. The monoisotopic (exact) mass is 146 g/mol. The Labute approximate surface area is 67.3 Å². The molecule has 0 aromatic heterocycles. The Kier molecular flexibility index (Phi) is 2.28. The van der Waals surface area contributed by atoms with Crippen LogP contribution in [0.1, 0.15) is 30.9 Å². The van der Waals surface area contributed by atoms with E-state index in [2.05, 4.69) is 26.0 Å². The molecule has 1 nitrogen and oxygen atoms in total. The lowest BCUT2D eigenvalue weighted by Gasteiger charge is -2.02. The summed E-state index contributed by atoms with van der Waals surface area (Å²) in [6.07, 6.45) is 0. The summed E-state index contributed by atoms with van der Waals surface area (Å²) in [5.41, 5.74) is 2.12. The summed E-state index contributed by atoms with van der Waals surface area (Å²) in [5.74, 6) is 0.531. The maximum absolute atomic E-state index is 6.93. The fourth-order valence-electron chi connectivity index (χ4n) is 0.976. The Hall–Kier alpha value is -1.29. The highest BCUT2D eigenvalue weighted by atomic mass is 14.2. The first kappa shape index (κ1) is 7.81. The van der Waals surface area contributed by atoms with Crippen LogP contribution in [0.5, 0.6) is 0 Å². The Morgan fingerprint density at radius 2 is 2.09 bits per heavy atom. The second-order valence-electron chi connectivity index (χ2n) is 2.91. The molecule has 11 heavy (non-hydrogen) atoms. The molecule has 0 spiro atoms. The van der Waals surface area contributed by atoms with Gasteiger partial charge in [0.05, 0.1) is 0 Å². The predicted octanol–water partition coefficient (Wildman–Crippen LogP) is 0.931. The van der Waals surface area contributed by atoms with Crippen LogP contribution in [-0.2, 0) is 0 Å². The largest absolute Gasteiger partial charge is 0.308 e. The van der Waals surface area contributed by atoms with Crippen molar-refractivity contribution in [2.75, 3.05) is 0 Å². The van der Waals surface area contributed by atoms with E-state index in [1.54, 1.807) is 0 Å². The van der Waals surface area contributed by atoms with Crippen LogP contribution in [0.25, 0.3) is 0 Å². The van der Waals surface area contributed by atoms with Gasteiger partial charge < -0.3 is 0 Å². The van der Waals surface area contributed by atoms with Crippen molar-refractivity contribution in [3.05, 3.63) is 35.4 Å². The highest BCUT2D eigenvalue weighted by Crippen LogP contribution is 2.14. The van der Waals surface area contributed by atoms with Crippen molar-refractivity contribution < 1.29 is 5.26 Å². The molecule has 1 rings (SSSR count). The van der Waals surface area contributed by atoms with Crippen LogP contribution in [0.4, 0.5) is 0 Å². The summed E-state index contributed by atoms with van der Waals surface area (Å²) in [7, 11) is 0. The summed E-state index contributed by atoms with van der Waals surface area (Å²) in [4.78, 5) is 0. The quantitative estimate of drug-likeness (QED) is 0.609. The zero-order valence-corrected chi connectivity index (χ0v) is 6.89. The minimum Gasteiger partial charge on any atom is -0.0958 e. The van der Waals surface area contributed by atoms with Crippen LogP contribution in [0.2, 0.25) is 0 Å². The van der Waals surface area contributed by atoms with E-state index in [9.17, 15) is 0 Å². The first-order valence-electron chi connectivity index (χ1n) is 3.76. The van der Waals surface area contributed by atoms with E-state index < -0.39 is 0 Å². The van der Waals surface area contributed by atoms with E-state index in [4.69, 9.17) is 5.26 Å². The molecule has 0 heterocycles. The van der Waals surface area contributed by atoms with Crippen LogP contribution in [0.3, 0.4) is 0 Å². The minimum absolute atomic E-state index is 0.531. The Bertz CT molecular complexity index is 281. The van der Waals surface area contributed by atoms with E-state index in [0.29, 0.717) is 5.92 Å². The fourth-order valence-corrected chi connectivity index (χ4v) is 0.976. The molecule has 0 saturated carbocycles. The molecule has 0 aliphatic carbocycles. The molecule has 0 radical (unpaired) electrons. The third-order valence-corrected chi connectivity index (χ3v) is 1.70. The van der Waals surface area contributed by atoms with Crippen LogP contribution >= 0.6 is 0 Å². The molecule has 0 atom stereocenters. The molecule has 0 bridgehead atoms. The summed E-state index contributed by atoms with van der Waals surface area (Å²) in [6, 6.07) is 10.3. The third kappa shape index (κ3) is 1.81. The second-order valence-corrected chi connectivity index (χ2v) is 2.91. The number of rotatable bonds is 1. The lowest BCUT2D eigenvalue weighted by Crippen LogP contribution is -2.17. The van der Waals surface area contributed by atoms with Crippen molar-refractivity contribution in [1.82, 2.24) is 0 Å². The van der Waals surface area contributed by atoms with Gasteiger partial charge in [0, 0.05) is 0 Å². The van der Waals surface area contributed by atoms with Gasteiger partial charge in [-0.3, -0.25) is 0 Å². The summed E-state index contributed by atoms with van der Waals surface area (Å²) in [5, 5.41) is 6.93. The number of hydrogen-bond donors (Lipinski definition) is 1. The van der Waals surface area contributed by atoms with Crippen molar-refractivity contribution in [3.63, 3.8) is 0 Å². The van der Waals surface area contributed by atoms with Crippen molar-refractivity contribution >= 4 is 0 Å². The van der Waals surface area contributed by atoms with Crippen LogP contribution in [0.15, 0.2) is 24.3 Å². The molecular formula is C10H12N+. The SMILES string of the molecule is CC(C)c1cccc(C#[NH+])c1. The zero-order chi connectivity index (χ0) is 8.27. The maximum atomic E-state index is 6.93. The highest BCUT2D eigenvalue weighted by Gasteiger charge is 1.99. The summed E-state index contributed by atoms with van der Waals surface area (Å²) >= 11 is 0. The molecule has 0 fully saturated rings. The average molecular weight is 146 g/mol. The molecule has 0 unspecified atom stereocenters. The summed E-state index contributed by atoms with van der Waals surface area (Å²) < 4.78 is 0. The Morgan fingerprint density at radius 1 is 1.36 bits per heavy atom. The molecule has 0 amide bonds. The van der Waals surface area contributed by atoms with Crippen molar-refractivity contribution in [3.8, 4) is 6.07 Å². The van der Waals surface area contributed by atoms with Crippen LogP contribution < -0.4 is 5.26 Å². The van der Waals surface area contributed by atoms with E-state index in [1.807, 2.05) is 18.2 Å². The topological polar surface area (TPSA) is 23.8 Å². The molecule has 1 aromatic carbocycles. The normalized spacial score (nSPS) is 9.64. The van der Waals surface area contributed by atoms with Crippen molar-refractivity contribution in [2.45, 2.75) is 19.8 Å². The molecule has 1 heteroatoms. The Balaban J connectivity index is 3.03. The van der Waals surface area contributed by atoms with Gasteiger partial charge in [0.2, 0.25) is 0 Å². The summed E-state index contributed by atoms with van der Waals surface area (Å²) in [6.45, 7) is 4.28. The van der Waals surface area contributed by atoms with Gasteiger partial charge in [-0.05, 0) is 23.6 Å². The lowest BCUT2D eigenvalue weighted by molar-refractivity contribution is -0.0909. The van der Waals surface area contributed by atoms with Crippen LogP contribution in [0, 0.1) is 6.07 Å². The number of nitrogens with one attached hydrogen (secondary N) is 1. The zero-order valence-electron chi connectivity index (χ0n) is 6.89. The first-order valence-corrected chi connectivity index (χ1v) is 3.76. The van der Waals surface area contributed by atoms with Gasteiger partial charge in [0.15, 0.2) is 0 Å². The standard InChI is InChI=1S/C10H11N/c1-8(2)10-5-3-4-9(6-10)7-11/h3-6,8H,1-2H3/p+1. The molecule has 0 aliphatic rings. The second kappa shape index (κ2) is 3.21. The van der Waals surface area contributed by atoms with Gasteiger partial charge in [-0.15, -0.1) is 0 Å². The fraction of sp³-hybridized carbons (Fsp3) is 0.300. The van der Waals surface area contributed by atoms with E-state index in [1.165, 1.54) is 5.56 Å². The number of hydrogen-bond acceptors (Lipinski definition) is 0. The minimum atomic E-state index is 0.531. The van der Waals surface area contributed by atoms with Gasteiger partial charge in [0.1, 0.15) is 5.56 Å². The maximum Gasteiger partial charge on any atom is 0.308 e. The lowest BCUT2D eigenvalue weighted by atomic mass is 10.0. The van der Waals surface area contributed by atoms with E-state index >= 15 is 0 Å². The van der Waals surface area contributed by atoms with E-state index in [0.717, 1.165) is 5.56 Å². The van der Waals surface area contributed by atoms with Crippen molar-refractivity contribution in [2.24, 2.45) is 0 Å². The van der Waals surface area contributed by atoms with Crippen LogP contribution in [-0.4, -0.2) is 0 Å². The highest BCUT2D eigenvalue weighted by molar-refractivity contribution is 5.33. The number of benzene rings is 1. The third-order valence-electron chi connectivity index (χ3n) is 1.70. The molecule has 56 valence electrons. The van der Waals surface area contributed by atoms with Gasteiger partial charge in [-0.25, -0.2) is 0 Å².